The first-order valence-electron chi connectivity index (χ1n) is 6.76. The van der Waals surface area contributed by atoms with E-state index in [2.05, 4.69) is 5.32 Å². The predicted octanol–water partition coefficient (Wildman–Crippen LogP) is 1.69. The van der Waals surface area contributed by atoms with Gasteiger partial charge in [-0.25, -0.2) is 0 Å². The van der Waals surface area contributed by atoms with Crippen LogP contribution in [-0.2, 0) is 4.79 Å². The summed E-state index contributed by atoms with van der Waals surface area (Å²) < 4.78 is 5.55. The lowest BCUT2D eigenvalue weighted by molar-refractivity contribution is -0.124. The number of fused-ring (bicyclic) bond motifs is 1. The maximum atomic E-state index is 12.4. The largest absolute Gasteiger partial charge is 0.493 e. The van der Waals surface area contributed by atoms with E-state index in [-0.39, 0.29) is 30.4 Å². The molecule has 0 bridgehead atoms. The standard InChI is InChI=1S/C15H21NO3/c1-10(2)13(9-17)16-15(18)12-7-8-19-14-6-4-3-5-11(12)14/h3-6,10,12-13,17H,7-9H2,1-2H3,(H,16,18). The van der Waals surface area contributed by atoms with Crippen LogP contribution in [0.5, 0.6) is 5.75 Å². The molecule has 1 aliphatic heterocycles. The van der Waals surface area contributed by atoms with E-state index < -0.39 is 0 Å². The molecular formula is C15H21NO3. The molecule has 2 atom stereocenters. The number of rotatable bonds is 4. The second-order valence-corrected chi connectivity index (χ2v) is 5.27. The van der Waals surface area contributed by atoms with Gasteiger partial charge in [-0.2, -0.15) is 0 Å². The molecule has 1 aromatic rings. The third-order valence-corrected chi connectivity index (χ3v) is 3.60. The van der Waals surface area contributed by atoms with Crippen LogP contribution in [0.4, 0.5) is 0 Å². The van der Waals surface area contributed by atoms with Crippen LogP contribution < -0.4 is 10.1 Å². The van der Waals surface area contributed by atoms with E-state index in [4.69, 9.17) is 4.74 Å². The Kier molecular flexibility index (Phi) is 4.43. The lowest BCUT2D eigenvalue weighted by Gasteiger charge is -2.28. The van der Waals surface area contributed by atoms with Crippen LogP contribution in [0.25, 0.3) is 0 Å². The lowest BCUT2D eigenvalue weighted by atomic mass is 9.91. The van der Waals surface area contributed by atoms with Gasteiger partial charge in [0.1, 0.15) is 5.75 Å². The van der Waals surface area contributed by atoms with E-state index in [1.165, 1.54) is 0 Å². The van der Waals surface area contributed by atoms with Crippen LogP contribution in [0.3, 0.4) is 0 Å². The van der Waals surface area contributed by atoms with Crippen molar-refractivity contribution in [1.82, 2.24) is 5.32 Å². The van der Waals surface area contributed by atoms with Gasteiger partial charge >= 0.3 is 0 Å². The number of ether oxygens (including phenoxy) is 1. The summed E-state index contributed by atoms with van der Waals surface area (Å²) in [5.74, 6) is 0.796. The number of aliphatic hydroxyl groups excluding tert-OH is 1. The Bertz CT molecular complexity index is 445. The van der Waals surface area contributed by atoms with Crippen LogP contribution in [0.15, 0.2) is 24.3 Å². The fourth-order valence-corrected chi connectivity index (χ4v) is 2.32. The predicted molar refractivity (Wildman–Crippen MR) is 73.1 cm³/mol. The minimum atomic E-state index is -0.192. The van der Waals surface area contributed by atoms with Crippen LogP contribution in [0, 0.1) is 5.92 Å². The van der Waals surface area contributed by atoms with E-state index in [0.29, 0.717) is 13.0 Å². The first-order chi connectivity index (χ1) is 9.13. The zero-order chi connectivity index (χ0) is 13.8. The van der Waals surface area contributed by atoms with Crippen molar-refractivity contribution < 1.29 is 14.6 Å². The molecule has 2 unspecified atom stereocenters. The minimum Gasteiger partial charge on any atom is -0.493 e. The summed E-state index contributed by atoms with van der Waals surface area (Å²) >= 11 is 0. The molecule has 0 saturated carbocycles. The molecule has 4 nitrogen and oxygen atoms in total. The number of hydrogen-bond donors (Lipinski definition) is 2. The van der Waals surface area contributed by atoms with Crippen molar-refractivity contribution in [2.45, 2.75) is 32.2 Å². The van der Waals surface area contributed by atoms with Gasteiger partial charge in [0.25, 0.3) is 0 Å². The minimum absolute atomic E-state index is 0.0245. The van der Waals surface area contributed by atoms with Crippen molar-refractivity contribution in [2.24, 2.45) is 5.92 Å². The summed E-state index contributed by atoms with van der Waals surface area (Å²) in [6.07, 6.45) is 0.680. The maximum absolute atomic E-state index is 12.4. The lowest BCUT2D eigenvalue weighted by Crippen LogP contribution is -2.44. The second kappa shape index (κ2) is 6.06. The summed E-state index contributed by atoms with van der Waals surface area (Å²) in [6.45, 7) is 4.49. The smallest absolute Gasteiger partial charge is 0.228 e. The van der Waals surface area contributed by atoms with Crippen molar-refractivity contribution in [3.63, 3.8) is 0 Å². The van der Waals surface area contributed by atoms with E-state index in [9.17, 15) is 9.90 Å². The third-order valence-electron chi connectivity index (χ3n) is 3.60. The number of carbonyl (C=O) groups is 1. The number of nitrogens with one attached hydrogen (secondary N) is 1. The third kappa shape index (κ3) is 3.07. The van der Waals surface area contributed by atoms with Gasteiger partial charge in [-0.1, -0.05) is 32.0 Å². The molecule has 0 spiro atoms. The number of aliphatic hydroxyl groups is 1. The molecule has 1 amide bonds. The fraction of sp³-hybridized carbons (Fsp3) is 0.533. The van der Waals surface area contributed by atoms with Gasteiger partial charge in [0.15, 0.2) is 0 Å². The Labute approximate surface area is 113 Å². The van der Waals surface area contributed by atoms with Gasteiger partial charge in [0, 0.05) is 5.56 Å². The Hall–Kier alpha value is -1.55. The van der Waals surface area contributed by atoms with Crippen molar-refractivity contribution in [3.05, 3.63) is 29.8 Å². The van der Waals surface area contributed by atoms with Gasteiger partial charge < -0.3 is 15.2 Å². The van der Waals surface area contributed by atoms with E-state index in [0.717, 1.165) is 11.3 Å². The highest BCUT2D eigenvalue weighted by Gasteiger charge is 2.29. The summed E-state index contributed by atoms with van der Waals surface area (Å²) in [7, 11) is 0. The Morgan fingerprint density at radius 3 is 2.89 bits per heavy atom. The average Bonchev–Trinajstić information content (AvgIpc) is 2.43. The highest BCUT2D eigenvalue weighted by atomic mass is 16.5. The van der Waals surface area contributed by atoms with Crippen LogP contribution >= 0.6 is 0 Å². The summed E-state index contributed by atoms with van der Waals surface area (Å²) in [6, 6.07) is 7.45. The Morgan fingerprint density at radius 1 is 1.47 bits per heavy atom. The molecule has 2 N–H and O–H groups in total. The average molecular weight is 263 g/mol. The van der Waals surface area contributed by atoms with Crippen molar-refractivity contribution in [3.8, 4) is 5.75 Å². The Morgan fingerprint density at radius 2 is 2.21 bits per heavy atom. The monoisotopic (exact) mass is 263 g/mol. The first-order valence-corrected chi connectivity index (χ1v) is 6.76. The van der Waals surface area contributed by atoms with Crippen molar-refractivity contribution >= 4 is 5.91 Å². The maximum Gasteiger partial charge on any atom is 0.228 e. The second-order valence-electron chi connectivity index (χ2n) is 5.27. The summed E-state index contributed by atoms with van der Waals surface area (Å²) in [4.78, 5) is 12.4. The topological polar surface area (TPSA) is 58.6 Å². The number of benzene rings is 1. The fourth-order valence-electron chi connectivity index (χ4n) is 2.32. The molecule has 0 aromatic heterocycles. The molecule has 4 heteroatoms. The first kappa shape index (κ1) is 13.9. The molecule has 0 aliphatic carbocycles. The molecule has 1 aliphatic rings. The normalized spacial score (nSPS) is 19.5. The molecule has 19 heavy (non-hydrogen) atoms. The molecule has 104 valence electrons. The van der Waals surface area contributed by atoms with Gasteiger partial charge in [0.2, 0.25) is 5.91 Å². The molecule has 2 rings (SSSR count). The molecule has 0 fully saturated rings. The van der Waals surface area contributed by atoms with E-state index in [1.54, 1.807) is 0 Å². The Balaban J connectivity index is 2.12. The molecule has 0 radical (unpaired) electrons. The molecule has 1 aromatic carbocycles. The number of para-hydroxylation sites is 1. The van der Waals surface area contributed by atoms with Crippen LogP contribution in [0.2, 0.25) is 0 Å². The summed E-state index contributed by atoms with van der Waals surface area (Å²) in [5, 5.41) is 12.2. The zero-order valence-electron chi connectivity index (χ0n) is 11.4. The quantitative estimate of drug-likeness (QED) is 0.869. The molecule has 0 saturated heterocycles. The molecular weight excluding hydrogens is 242 g/mol. The highest BCUT2D eigenvalue weighted by molar-refractivity contribution is 5.85. The summed E-state index contributed by atoms with van der Waals surface area (Å²) in [5.41, 5.74) is 0.937. The van der Waals surface area contributed by atoms with Crippen LogP contribution in [0.1, 0.15) is 31.7 Å². The SMILES string of the molecule is CC(C)C(CO)NC(=O)C1CCOc2ccccc21. The van der Waals surface area contributed by atoms with Crippen molar-refractivity contribution in [2.75, 3.05) is 13.2 Å². The van der Waals surface area contributed by atoms with Crippen molar-refractivity contribution in [1.29, 1.82) is 0 Å². The van der Waals surface area contributed by atoms with Crippen LogP contribution in [-0.4, -0.2) is 30.3 Å². The number of carbonyl (C=O) groups excluding carboxylic acids is 1. The number of amides is 1. The van der Waals surface area contributed by atoms with Gasteiger partial charge in [-0.05, 0) is 18.4 Å². The van der Waals surface area contributed by atoms with Gasteiger partial charge in [-0.15, -0.1) is 0 Å². The van der Waals surface area contributed by atoms with Gasteiger partial charge in [0.05, 0.1) is 25.2 Å². The van der Waals surface area contributed by atoms with Gasteiger partial charge in [-0.3, -0.25) is 4.79 Å². The molecule has 1 heterocycles. The highest BCUT2D eigenvalue weighted by Crippen LogP contribution is 2.33. The number of hydrogen-bond acceptors (Lipinski definition) is 3. The zero-order valence-corrected chi connectivity index (χ0v) is 11.4. The van der Waals surface area contributed by atoms with E-state index in [1.807, 2.05) is 38.1 Å². The van der Waals surface area contributed by atoms with E-state index >= 15 is 0 Å².